The Labute approximate surface area is 88.1 Å². The monoisotopic (exact) mass is 206 g/mol. The van der Waals surface area contributed by atoms with Gasteiger partial charge < -0.3 is 14.4 Å². The lowest BCUT2D eigenvalue weighted by Gasteiger charge is -2.12. The van der Waals surface area contributed by atoms with Crippen molar-refractivity contribution in [3.63, 3.8) is 0 Å². The highest BCUT2D eigenvalue weighted by atomic mass is 16.5. The van der Waals surface area contributed by atoms with Gasteiger partial charge in [-0.3, -0.25) is 0 Å². The van der Waals surface area contributed by atoms with Crippen molar-refractivity contribution in [1.29, 1.82) is 0 Å². The highest BCUT2D eigenvalue weighted by molar-refractivity contribution is 4.99. The van der Waals surface area contributed by atoms with Gasteiger partial charge in [-0.15, -0.1) is 0 Å². The Morgan fingerprint density at radius 3 is 3.07 bits per heavy atom. The van der Waals surface area contributed by atoms with Crippen molar-refractivity contribution in [3.8, 4) is 0 Å². The lowest BCUT2D eigenvalue weighted by Crippen LogP contribution is -2.21. The third-order valence-electron chi connectivity index (χ3n) is 2.33. The molecular formula is C10H14N4O. The number of aryl methyl sites for hydroxylation is 1. The normalized spacial score (nSPS) is 12.9. The van der Waals surface area contributed by atoms with Gasteiger partial charge in [-0.2, -0.15) is 0 Å². The van der Waals surface area contributed by atoms with Gasteiger partial charge in [0.15, 0.2) is 0 Å². The quantitative estimate of drug-likeness (QED) is 0.818. The van der Waals surface area contributed by atoms with Gasteiger partial charge in [0.25, 0.3) is 0 Å². The topological polar surface area (TPSA) is 55.9 Å². The molecule has 0 spiro atoms. The van der Waals surface area contributed by atoms with Crippen molar-refractivity contribution in [2.45, 2.75) is 19.5 Å². The minimum atomic E-state index is 0.196. The van der Waals surface area contributed by atoms with Gasteiger partial charge in [-0.05, 0) is 6.92 Å². The zero-order valence-electron chi connectivity index (χ0n) is 8.84. The summed E-state index contributed by atoms with van der Waals surface area (Å²) in [4.78, 5) is 4.27. The molecule has 2 aromatic heterocycles. The van der Waals surface area contributed by atoms with E-state index in [9.17, 15) is 0 Å². The summed E-state index contributed by atoms with van der Waals surface area (Å²) in [5.74, 6) is 1.01. The Kier molecular flexibility index (Phi) is 2.82. The van der Waals surface area contributed by atoms with Crippen molar-refractivity contribution in [3.05, 3.63) is 36.2 Å². The van der Waals surface area contributed by atoms with Gasteiger partial charge in [-0.25, -0.2) is 4.98 Å². The first kappa shape index (κ1) is 9.92. The number of hydrogen-bond acceptors (Lipinski definition) is 4. The van der Waals surface area contributed by atoms with Gasteiger partial charge in [0.05, 0.1) is 11.7 Å². The molecule has 0 aliphatic carbocycles. The van der Waals surface area contributed by atoms with E-state index in [1.54, 1.807) is 12.5 Å². The Morgan fingerprint density at radius 2 is 2.47 bits per heavy atom. The Bertz CT molecular complexity index is 407. The zero-order valence-corrected chi connectivity index (χ0v) is 8.84. The third-order valence-corrected chi connectivity index (χ3v) is 2.33. The molecule has 1 unspecified atom stereocenters. The molecule has 2 heterocycles. The Morgan fingerprint density at radius 1 is 1.60 bits per heavy atom. The number of aromatic nitrogens is 3. The predicted octanol–water partition coefficient (Wildman–Crippen LogP) is 1.26. The molecule has 0 aliphatic rings. The van der Waals surface area contributed by atoms with E-state index in [0.717, 1.165) is 11.5 Å². The second kappa shape index (κ2) is 4.27. The second-order valence-electron chi connectivity index (χ2n) is 3.49. The van der Waals surface area contributed by atoms with Crippen LogP contribution in [-0.4, -0.2) is 14.7 Å². The van der Waals surface area contributed by atoms with Gasteiger partial charge in [0.1, 0.15) is 12.1 Å². The molecule has 2 rings (SSSR count). The average molecular weight is 206 g/mol. The van der Waals surface area contributed by atoms with Crippen LogP contribution in [0.1, 0.15) is 24.5 Å². The fraction of sp³-hybridized carbons (Fsp3) is 0.400. The van der Waals surface area contributed by atoms with Gasteiger partial charge in [0.2, 0.25) is 0 Å². The summed E-state index contributed by atoms with van der Waals surface area (Å²) in [5.41, 5.74) is 0.899. The van der Waals surface area contributed by atoms with Crippen LogP contribution >= 0.6 is 0 Å². The molecule has 5 heteroatoms. The van der Waals surface area contributed by atoms with E-state index in [4.69, 9.17) is 4.52 Å². The van der Waals surface area contributed by atoms with Crippen LogP contribution in [0.4, 0.5) is 0 Å². The first-order chi connectivity index (χ1) is 7.27. The SMILES string of the molecule is CC(NCc1ccon1)c1nccn1C. The lowest BCUT2D eigenvalue weighted by atomic mass is 10.3. The van der Waals surface area contributed by atoms with Crippen LogP contribution in [-0.2, 0) is 13.6 Å². The maximum atomic E-state index is 4.75. The molecule has 0 bridgehead atoms. The molecule has 0 aromatic carbocycles. The number of hydrogen-bond donors (Lipinski definition) is 1. The molecule has 0 amide bonds. The van der Waals surface area contributed by atoms with E-state index in [2.05, 4.69) is 22.4 Å². The lowest BCUT2D eigenvalue weighted by molar-refractivity contribution is 0.404. The molecule has 5 nitrogen and oxygen atoms in total. The summed E-state index contributed by atoms with van der Waals surface area (Å²) >= 11 is 0. The molecule has 0 saturated carbocycles. The first-order valence-electron chi connectivity index (χ1n) is 4.87. The smallest absolute Gasteiger partial charge is 0.125 e. The van der Waals surface area contributed by atoms with Crippen LogP contribution in [0.25, 0.3) is 0 Å². The summed E-state index contributed by atoms with van der Waals surface area (Å²) in [6.07, 6.45) is 5.30. The molecule has 0 aliphatic heterocycles. The van der Waals surface area contributed by atoms with Gasteiger partial charge in [-0.1, -0.05) is 5.16 Å². The fourth-order valence-electron chi connectivity index (χ4n) is 1.47. The number of nitrogens with one attached hydrogen (secondary N) is 1. The average Bonchev–Trinajstić information content (AvgIpc) is 2.84. The van der Waals surface area contributed by atoms with E-state index in [1.165, 1.54) is 0 Å². The Balaban J connectivity index is 1.93. The maximum absolute atomic E-state index is 4.75. The van der Waals surface area contributed by atoms with Crippen LogP contribution in [0.2, 0.25) is 0 Å². The van der Waals surface area contributed by atoms with Crippen LogP contribution in [0.15, 0.2) is 29.2 Å². The summed E-state index contributed by atoms with van der Waals surface area (Å²) in [6.45, 7) is 2.76. The molecule has 80 valence electrons. The van der Waals surface area contributed by atoms with Gasteiger partial charge >= 0.3 is 0 Å². The fourth-order valence-corrected chi connectivity index (χ4v) is 1.47. The summed E-state index contributed by atoms with van der Waals surface area (Å²) in [7, 11) is 1.98. The minimum Gasteiger partial charge on any atom is -0.364 e. The predicted molar refractivity (Wildman–Crippen MR) is 55.0 cm³/mol. The highest BCUT2D eigenvalue weighted by Gasteiger charge is 2.09. The van der Waals surface area contributed by atoms with E-state index in [0.29, 0.717) is 6.54 Å². The molecule has 0 saturated heterocycles. The number of rotatable bonds is 4. The molecule has 0 radical (unpaired) electrons. The summed E-state index contributed by atoms with van der Waals surface area (Å²) in [6, 6.07) is 2.04. The number of nitrogens with zero attached hydrogens (tertiary/aromatic N) is 3. The molecule has 1 N–H and O–H groups in total. The van der Waals surface area contributed by atoms with Crippen LogP contribution < -0.4 is 5.32 Å². The standard InChI is InChI=1S/C10H14N4O/c1-8(10-11-4-5-14(10)2)12-7-9-3-6-15-13-9/h3-6,8,12H,7H2,1-2H3. The summed E-state index contributed by atoms with van der Waals surface area (Å²) < 4.78 is 6.75. The largest absolute Gasteiger partial charge is 0.364 e. The molecule has 1 atom stereocenters. The van der Waals surface area contributed by atoms with Crippen LogP contribution in [0.5, 0.6) is 0 Å². The zero-order chi connectivity index (χ0) is 10.7. The molecule has 15 heavy (non-hydrogen) atoms. The van der Waals surface area contributed by atoms with E-state index < -0.39 is 0 Å². The summed E-state index contributed by atoms with van der Waals surface area (Å²) in [5, 5.41) is 7.15. The van der Waals surface area contributed by atoms with Crippen molar-refractivity contribution in [2.24, 2.45) is 7.05 Å². The molecule has 0 fully saturated rings. The van der Waals surface area contributed by atoms with Crippen molar-refractivity contribution >= 4 is 0 Å². The van der Waals surface area contributed by atoms with E-state index in [1.807, 2.05) is 23.9 Å². The van der Waals surface area contributed by atoms with E-state index in [-0.39, 0.29) is 6.04 Å². The van der Waals surface area contributed by atoms with Crippen molar-refractivity contribution in [1.82, 2.24) is 20.0 Å². The maximum Gasteiger partial charge on any atom is 0.125 e. The first-order valence-corrected chi connectivity index (χ1v) is 4.87. The Hall–Kier alpha value is -1.62. The number of imidazole rings is 1. The highest BCUT2D eigenvalue weighted by Crippen LogP contribution is 2.09. The van der Waals surface area contributed by atoms with Gasteiger partial charge in [0, 0.05) is 32.1 Å². The molecule has 2 aromatic rings. The van der Waals surface area contributed by atoms with Crippen LogP contribution in [0.3, 0.4) is 0 Å². The second-order valence-corrected chi connectivity index (χ2v) is 3.49. The van der Waals surface area contributed by atoms with Crippen LogP contribution in [0, 0.1) is 0 Å². The van der Waals surface area contributed by atoms with Crippen molar-refractivity contribution < 1.29 is 4.52 Å². The van der Waals surface area contributed by atoms with Crippen molar-refractivity contribution in [2.75, 3.05) is 0 Å². The third kappa shape index (κ3) is 2.24. The minimum absolute atomic E-state index is 0.196. The van der Waals surface area contributed by atoms with E-state index >= 15 is 0 Å². The molecular weight excluding hydrogens is 192 g/mol.